The number of hydrogen-bond acceptors (Lipinski definition) is 1. The summed E-state index contributed by atoms with van der Waals surface area (Å²) in [6.07, 6.45) is 3.73. The van der Waals surface area contributed by atoms with Crippen molar-refractivity contribution in [2.45, 2.75) is 0 Å². The first-order valence-electron chi connectivity index (χ1n) is 10.0. The van der Waals surface area contributed by atoms with E-state index in [1.807, 2.05) is 30.4 Å². The summed E-state index contributed by atoms with van der Waals surface area (Å²) in [5.74, 6) is 0. The summed E-state index contributed by atoms with van der Waals surface area (Å²) in [4.78, 5) is 0. The number of benzene rings is 4. The van der Waals surface area contributed by atoms with Crippen LogP contribution in [0.3, 0.4) is 0 Å². The molecule has 0 radical (unpaired) electrons. The van der Waals surface area contributed by atoms with E-state index in [-0.39, 0.29) is 0 Å². The second kappa shape index (κ2) is 7.41. The Bertz CT molecular complexity index is 1390. The molecule has 0 aliphatic heterocycles. The van der Waals surface area contributed by atoms with Crippen molar-refractivity contribution in [3.05, 3.63) is 115 Å². The second-order valence-corrected chi connectivity index (χ2v) is 7.26. The molecule has 0 spiro atoms. The molecule has 0 unspecified atom stereocenters. The molecule has 0 fully saturated rings. The Kier molecular flexibility index (Phi) is 4.45. The fraction of sp³-hybridized carbons (Fsp3) is 0. The fourth-order valence-electron chi connectivity index (χ4n) is 4.16. The fourth-order valence-corrected chi connectivity index (χ4v) is 4.16. The van der Waals surface area contributed by atoms with Crippen LogP contribution >= 0.6 is 0 Å². The Hall–Kier alpha value is -4.04. The van der Waals surface area contributed by atoms with Gasteiger partial charge >= 0.3 is 0 Å². The molecule has 4 aromatic carbocycles. The minimum Gasteiger partial charge on any atom is -0.355 e. The van der Waals surface area contributed by atoms with Crippen molar-refractivity contribution in [1.82, 2.24) is 4.57 Å². The van der Waals surface area contributed by atoms with Gasteiger partial charge in [-0.25, -0.2) is 0 Å². The number of hydrogen-bond donors (Lipinski definition) is 1. The molecule has 0 saturated carbocycles. The minimum absolute atomic E-state index is 1.02. The third kappa shape index (κ3) is 2.90. The summed E-state index contributed by atoms with van der Waals surface area (Å²) in [5.41, 5.74) is 7.75. The van der Waals surface area contributed by atoms with Gasteiger partial charge in [-0.05, 0) is 48.0 Å². The van der Waals surface area contributed by atoms with E-state index in [0.29, 0.717) is 0 Å². The highest BCUT2D eigenvalue weighted by atomic mass is 15.0. The lowest BCUT2D eigenvalue weighted by molar-refractivity contribution is 1.18. The Morgan fingerprint density at radius 2 is 1.43 bits per heavy atom. The summed E-state index contributed by atoms with van der Waals surface area (Å²) in [5, 5.41) is 6.04. The Balaban J connectivity index is 1.69. The zero-order valence-electron chi connectivity index (χ0n) is 16.7. The van der Waals surface area contributed by atoms with Crippen LogP contribution in [0, 0.1) is 0 Å². The van der Waals surface area contributed by atoms with Crippen LogP contribution in [0.25, 0.3) is 39.6 Å². The van der Waals surface area contributed by atoms with Crippen molar-refractivity contribution >= 4 is 45.3 Å². The zero-order chi connectivity index (χ0) is 20.5. The van der Waals surface area contributed by atoms with Gasteiger partial charge in [0.25, 0.3) is 0 Å². The van der Waals surface area contributed by atoms with E-state index >= 15 is 0 Å². The largest absolute Gasteiger partial charge is 0.355 e. The predicted molar refractivity (Wildman–Crippen MR) is 131 cm³/mol. The molecule has 0 aliphatic carbocycles. The highest BCUT2D eigenvalue weighted by Gasteiger charge is 2.12. The first-order chi connectivity index (χ1) is 14.8. The van der Waals surface area contributed by atoms with Crippen molar-refractivity contribution < 1.29 is 0 Å². The summed E-state index contributed by atoms with van der Waals surface area (Å²) >= 11 is 0. The monoisotopic (exact) mass is 386 g/mol. The molecule has 144 valence electrons. The molecule has 30 heavy (non-hydrogen) atoms. The lowest BCUT2D eigenvalue weighted by Crippen LogP contribution is -1.95. The SMILES string of the molecule is C=Cc1cccc(Nc2ccc3c(c2)c2ccccc2n3-c2ccccc2)c1C=C. The van der Waals surface area contributed by atoms with Crippen LogP contribution in [0.5, 0.6) is 0 Å². The van der Waals surface area contributed by atoms with Crippen molar-refractivity contribution in [3.8, 4) is 5.69 Å². The molecule has 1 heterocycles. The molecule has 5 rings (SSSR count). The van der Waals surface area contributed by atoms with Gasteiger partial charge in [0, 0.05) is 33.4 Å². The average Bonchev–Trinajstić information content (AvgIpc) is 3.13. The lowest BCUT2D eigenvalue weighted by Gasteiger charge is -2.13. The molecule has 5 aromatic rings. The van der Waals surface area contributed by atoms with Crippen LogP contribution in [-0.2, 0) is 0 Å². The molecule has 1 N–H and O–H groups in total. The maximum absolute atomic E-state index is 3.98. The van der Waals surface area contributed by atoms with Gasteiger partial charge in [0.15, 0.2) is 0 Å². The van der Waals surface area contributed by atoms with Crippen LogP contribution in [-0.4, -0.2) is 4.57 Å². The van der Waals surface area contributed by atoms with Crippen molar-refractivity contribution in [1.29, 1.82) is 0 Å². The van der Waals surface area contributed by atoms with E-state index < -0.39 is 0 Å². The second-order valence-electron chi connectivity index (χ2n) is 7.26. The van der Waals surface area contributed by atoms with Gasteiger partial charge in [-0.2, -0.15) is 0 Å². The van der Waals surface area contributed by atoms with E-state index in [2.05, 4.69) is 95.8 Å². The zero-order valence-corrected chi connectivity index (χ0v) is 16.7. The van der Waals surface area contributed by atoms with E-state index in [9.17, 15) is 0 Å². The van der Waals surface area contributed by atoms with Crippen molar-refractivity contribution in [2.24, 2.45) is 0 Å². The lowest BCUT2D eigenvalue weighted by atomic mass is 10.0. The Morgan fingerprint density at radius 3 is 2.23 bits per heavy atom. The summed E-state index contributed by atoms with van der Waals surface area (Å²) < 4.78 is 2.32. The highest BCUT2D eigenvalue weighted by Crippen LogP contribution is 2.35. The quantitative estimate of drug-likeness (QED) is 0.326. The van der Waals surface area contributed by atoms with E-state index in [0.717, 1.165) is 28.2 Å². The molecule has 2 nitrogen and oxygen atoms in total. The number of fused-ring (bicyclic) bond motifs is 3. The van der Waals surface area contributed by atoms with E-state index in [4.69, 9.17) is 0 Å². The average molecular weight is 386 g/mol. The smallest absolute Gasteiger partial charge is 0.0542 e. The summed E-state index contributed by atoms with van der Waals surface area (Å²) in [6.45, 7) is 7.89. The topological polar surface area (TPSA) is 17.0 Å². The maximum Gasteiger partial charge on any atom is 0.0542 e. The molecular formula is C28H22N2. The molecule has 0 saturated heterocycles. The van der Waals surface area contributed by atoms with Crippen LogP contribution < -0.4 is 5.32 Å². The normalized spacial score (nSPS) is 10.9. The predicted octanol–water partition coefficient (Wildman–Crippen LogP) is 7.81. The number of aromatic nitrogens is 1. The number of rotatable bonds is 5. The van der Waals surface area contributed by atoms with Crippen LogP contribution in [0.2, 0.25) is 0 Å². The summed E-state index contributed by atoms with van der Waals surface area (Å²) in [7, 11) is 0. The Morgan fingerprint density at radius 1 is 0.667 bits per heavy atom. The van der Waals surface area contributed by atoms with Gasteiger partial charge in [0.05, 0.1) is 11.0 Å². The van der Waals surface area contributed by atoms with Gasteiger partial charge in [0.2, 0.25) is 0 Å². The number of para-hydroxylation sites is 2. The number of anilines is 2. The van der Waals surface area contributed by atoms with Crippen LogP contribution in [0.1, 0.15) is 11.1 Å². The van der Waals surface area contributed by atoms with Gasteiger partial charge in [-0.3, -0.25) is 0 Å². The number of nitrogens with zero attached hydrogens (tertiary/aromatic N) is 1. The van der Waals surface area contributed by atoms with Gasteiger partial charge in [-0.15, -0.1) is 0 Å². The third-order valence-electron chi connectivity index (χ3n) is 5.53. The van der Waals surface area contributed by atoms with Crippen molar-refractivity contribution in [2.75, 3.05) is 5.32 Å². The molecule has 1 aromatic heterocycles. The highest BCUT2D eigenvalue weighted by molar-refractivity contribution is 6.10. The molecule has 2 heteroatoms. The summed E-state index contributed by atoms with van der Waals surface area (Å²) in [6, 6.07) is 31.8. The molecule has 0 atom stereocenters. The standard InChI is InChI=1S/C28H22N2/c1-3-20-11-10-15-26(23(20)4-2)29-21-17-18-28-25(19-21)24-14-8-9-16-27(24)30(28)22-12-6-5-7-13-22/h3-19,29H,1-2H2. The molecule has 0 amide bonds. The van der Waals surface area contributed by atoms with E-state index in [1.165, 1.54) is 21.8 Å². The first kappa shape index (κ1) is 18.0. The molecule has 0 aliphatic rings. The minimum atomic E-state index is 1.02. The first-order valence-corrected chi connectivity index (χ1v) is 10.0. The van der Waals surface area contributed by atoms with Crippen LogP contribution in [0.15, 0.2) is 104 Å². The van der Waals surface area contributed by atoms with Crippen molar-refractivity contribution in [3.63, 3.8) is 0 Å². The number of nitrogens with one attached hydrogen (secondary N) is 1. The van der Waals surface area contributed by atoms with Gasteiger partial charge in [0.1, 0.15) is 0 Å². The molecule has 0 bridgehead atoms. The Labute approximate surface area is 176 Å². The van der Waals surface area contributed by atoms with Crippen LogP contribution in [0.4, 0.5) is 11.4 Å². The molecular weight excluding hydrogens is 364 g/mol. The van der Waals surface area contributed by atoms with E-state index in [1.54, 1.807) is 0 Å². The maximum atomic E-state index is 3.98. The van der Waals surface area contributed by atoms with Gasteiger partial charge in [-0.1, -0.05) is 73.8 Å². The van der Waals surface area contributed by atoms with Gasteiger partial charge < -0.3 is 9.88 Å². The third-order valence-corrected chi connectivity index (χ3v) is 5.53.